The molecule has 3 aromatic carbocycles. The number of nitrogens with zero attached hydrogens (tertiary/aromatic N) is 7. The van der Waals surface area contributed by atoms with Crippen LogP contribution in [0.15, 0.2) is 91.4 Å². The van der Waals surface area contributed by atoms with Crippen LogP contribution in [0.1, 0.15) is 30.0 Å². The van der Waals surface area contributed by atoms with E-state index in [2.05, 4.69) is 61.5 Å². The second-order valence-corrected chi connectivity index (χ2v) is 11.9. The van der Waals surface area contributed by atoms with Crippen molar-refractivity contribution in [3.63, 3.8) is 0 Å². The zero-order valence-corrected chi connectivity index (χ0v) is 23.8. The number of anilines is 1. The highest BCUT2D eigenvalue weighted by atomic mass is 19.1. The number of benzene rings is 3. The van der Waals surface area contributed by atoms with Crippen LogP contribution in [0, 0.1) is 5.82 Å². The summed E-state index contributed by atoms with van der Waals surface area (Å²) in [6, 6.07) is 23.9. The van der Waals surface area contributed by atoms with Gasteiger partial charge in [0, 0.05) is 49.3 Å². The molecule has 1 aliphatic carbocycles. The molecule has 0 bridgehead atoms. The van der Waals surface area contributed by atoms with Gasteiger partial charge in [0.1, 0.15) is 17.1 Å². The summed E-state index contributed by atoms with van der Waals surface area (Å²) < 4.78 is 15.7. The molecule has 1 unspecified atom stereocenters. The van der Waals surface area contributed by atoms with Crippen LogP contribution < -0.4 is 4.90 Å². The number of hydrogen-bond donors (Lipinski definition) is 0. The highest BCUT2D eigenvalue weighted by molar-refractivity contribution is 5.94. The first kappa shape index (κ1) is 26.0. The SMILES string of the molecule is O=C1N(CCn2cc(-c3cccnc3)nn2)CN(c2ccc(F)cc2)C12CCN(C1Cc3cccc4cccc1c34)CC2. The van der Waals surface area contributed by atoms with Crippen molar-refractivity contribution in [1.29, 1.82) is 0 Å². The Morgan fingerprint density at radius 2 is 1.74 bits per heavy atom. The predicted molar refractivity (Wildman–Crippen MR) is 163 cm³/mol. The van der Waals surface area contributed by atoms with Gasteiger partial charge in [0.15, 0.2) is 0 Å². The molecule has 9 heteroatoms. The molecule has 0 N–H and O–H groups in total. The second kappa shape index (κ2) is 10.3. The standard InChI is InChI=1S/C34H32FN7O/c35-27-9-11-28(12-10-27)42-23-40(18-19-41-22-30(37-38-41)26-7-3-15-36-21-26)33(43)34(42)13-16-39(17-14-34)31-20-25-6-1-4-24-5-2-8-29(31)32(24)25/h1-12,15,21-22,31H,13-14,16-20,23H2. The molecule has 216 valence electrons. The lowest BCUT2D eigenvalue weighted by Crippen LogP contribution is -2.57. The predicted octanol–water partition coefficient (Wildman–Crippen LogP) is 5.07. The van der Waals surface area contributed by atoms with Crippen LogP contribution in [0.25, 0.3) is 22.0 Å². The number of pyridine rings is 1. The lowest BCUT2D eigenvalue weighted by molar-refractivity contribution is -0.134. The number of amides is 1. The molecule has 43 heavy (non-hydrogen) atoms. The van der Waals surface area contributed by atoms with Crippen molar-refractivity contribution in [2.45, 2.75) is 37.4 Å². The number of carbonyl (C=O) groups is 1. The zero-order chi connectivity index (χ0) is 29.0. The highest BCUT2D eigenvalue weighted by Crippen LogP contribution is 2.45. The Labute approximate surface area is 249 Å². The molecule has 2 saturated heterocycles. The molecule has 3 aliphatic rings. The van der Waals surface area contributed by atoms with Gasteiger partial charge < -0.3 is 9.80 Å². The van der Waals surface area contributed by atoms with E-state index in [9.17, 15) is 9.18 Å². The van der Waals surface area contributed by atoms with Crippen molar-refractivity contribution >= 4 is 22.4 Å². The van der Waals surface area contributed by atoms with Gasteiger partial charge in [-0.15, -0.1) is 5.10 Å². The maximum atomic E-state index is 14.3. The van der Waals surface area contributed by atoms with Gasteiger partial charge in [-0.2, -0.15) is 0 Å². The van der Waals surface area contributed by atoms with Crippen molar-refractivity contribution in [1.82, 2.24) is 29.8 Å². The van der Waals surface area contributed by atoms with Crippen molar-refractivity contribution in [3.8, 4) is 11.3 Å². The van der Waals surface area contributed by atoms with E-state index in [1.54, 1.807) is 29.2 Å². The van der Waals surface area contributed by atoms with Crippen LogP contribution in [0.2, 0.25) is 0 Å². The van der Waals surface area contributed by atoms with Crippen molar-refractivity contribution in [2.75, 3.05) is 31.2 Å². The third-order valence-electron chi connectivity index (χ3n) is 9.61. The fourth-order valence-electron chi connectivity index (χ4n) is 7.41. The van der Waals surface area contributed by atoms with Crippen LogP contribution >= 0.6 is 0 Å². The molecule has 2 aliphatic heterocycles. The van der Waals surface area contributed by atoms with Gasteiger partial charge in [0.2, 0.25) is 5.91 Å². The molecule has 1 amide bonds. The van der Waals surface area contributed by atoms with E-state index in [0.717, 1.165) is 49.3 Å². The summed E-state index contributed by atoms with van der Waals surface area (Å²) >= 11 is 0. The molecule has 8 nitrogen and oxygen atoms in total. The molecule has 8 rings (SSSR count). The van der Waals surface area contributed by atoms with Crippen LogP contribution in [0.4, 0.5) is 10.1 Å². The molecule has 0 radical (unpaired) electrons. The fraction of sp³-hybridized carbons (Fsp3) is 0.294. The van der Waals surface area contributed by atoms with E-state index in [-0.39, 0.29) is 11.7 Å². The maximum absolute atomic E-state index is 14.3. The van der Waals surface area contributed by atoms with Gasteiger partial charge in [0.25, 0.3) is 0 Å². The smallest absolute Gasteiger partial charge is 0.250 e. The average molecular weight is 574 g/mol. The summed E-state index contributed by atoms with van der Waals surface area (Å²) in [6.45, 7) is 3.15. The largest absolute Gasteiger partial charge is 0.339 e. The van der Waals surface area contributed by atoms with Crippen LogP contribution in [-0.2, 0) is 17.8 Å². The Hall–Kier alpha value is -4.63. The first-order valence-electron chi connectivity index (χ1n) is 15.0. The summed E-state index contributed by atoms with van der Waals surface area (Å²) in [6.07, 6.45) is 7.83. The Balaban J connectivity index is 1.02. The van der Waals surface area contributed by atoms with Gasteiger partial charge >= 0.3 is 0 Å². The molecule has 2 aromatic heterocycles. The first-order valence-corrected chi connectivity index (χ1v) is 15.0. The monoisotopic (exact) mass is 573 g/mol. The maximum Gasteiger partial charge on any atom is 0.250 e. The van der Waals surface area contributed by atoms with E-state index >= 15 is 0 Å². The summed E-state index contributed by atoms with van der Waals surface area (Å²) in [5.41, 5.74) is 4.69. The number of likely N-dealkylation sites (tertiary alicyclic amines) is 1. The Bertz CT molecular complexity index is 1790. The summed E-state index contributed by atoms with van der Waals surface area (Å²) in [4.78, 5) is 25.1. The highest BCUT2D eigenvalue weighted by Gasteiger charge is 2.54. The first-order chi connectivity index (χ1) is 21.1. The quantitative estimate of drug-likeness (QED) is 0.283. The van der Waals surface area contributed by atoms with E-state index in [1.165, 1.54) is 34.0 Å². The van der Waals surface area contributed by atoms with E-state index in [0.29, 0.717) is 25.8 Å². The van der Waals surface area contributed by atoms with Crippen molar-refractivity contribution in [3.05, 3.63) is 108 Å². The third kappa shape index (κ3) is 4.38. The molecule has 1 spiro atoms. The van der Waals surface area contributed by atoms with Crippen LogP contribution in [-0.4, -0.2) is 67.5 Å². The molecule has 2 fully saturated rings. The minimum Gasteiger partial charge on any atom is -0.339 e. The molecular weight excluding hydrogens is 541 g/mol. The van der Waals surface area contributed by atoms with Gasteiger partial charge in [-0.3, -0.25) is 19.4 Å². The van der Waals surface area contributed by atoms with Gasteiger partial charge in [-0.1, -0.05) is 41.6 Å². The molecule has 4 heterocycles. The number of hydrogen-bond acceptors (Lipinski definition) is 6. The molecular formula is C34H32FN7O. The normalized spacial score (nSPS) is 19.7. The average Bonchev–Trinajstić information content (AvgIpc) is 3.75. The van der Waals surface area contributed by atoms with Gasteiger partial charge in [0.05, 0.1) is 19.4 Å². The fourth-order valence-corrected chi connectivity index (χ4v) is 7.41. The number of piperidine rings is 1. The lowest BCUT2D eigenvalue weighted by Gasteiger charge is -2.45. The topological polar surface area (TPSA) is 70.4 Å². The minimum atomic E-state index is -0.658. The molecule has 5 aromatic rings. The van der Waals surface area contributed by atoms with Crippen LogP contribution in [0.5, 0.6) is 0 Å². The lowest BCUT2D eigenvalue weighted by atomic mass is 9.84. The van der Waals surface area contributed by atoms with Gasteiger partial charge in [-0.05, 0) is 77.6 Å². The Morgan fingerprint density at radius 1 is 0.930 bits per heavy atom. The van der Waals surface area contributed by atoms with E-state index in [1.807, 2.05) is 23.2 Å². The summed E-state index contributed by atoms with van der Waals surface area (Å²) in [7, 11) is 0. The number of carbonyl (C=O) groups excluding carboxylic acids is 1. The van der Waals surface area contributed by atoms with E-state index in [4.69, 9.17) is 0 Å². The summed E-state index contributed by atoms with van der Waals surface area (Å²) in [5.74, 6) is -0.138. The van der Waals surface area contributed by atoms with Crippen LogP contribution in [0.3, 0.4) is 0 Å². The van der Waals surface area contributed by atoms with E-state index < -0.39 is 5.54 Å². The van der Waals surface area contributed by atoms with Crippen molar-refractivity contribution < 1.29 is 9.18 Å². The number of halogens is 1. The number of rotatable bonds is 6. The summed E-state index contributed by atoms with van der Waals surface area (Å²) in [5, 5.41) is 11.3. The zero-order valence-electron chi connectivity index (χ0n) is 23.8. The van der Waals surface area contributed by atoms with Crippen molar-refractivity contribution in [2.24, 2.45) is 0 Å². The molecule has 1 atom stereocenters. The second-order valence-electron chi connectivity index (χ2n) is 11.9. The Kier molecular flexibility index (Phi) is 6.22. The number of aromatic nitrogens is 4. The Morgan fingerprint density at radius 3 is 2.53 bits per heavy atom. The van der Waals surface area contributed by atoms with Gasteiger partial charge in [-0.25, -0.2) is 4.39 Å². The third-order valence-corrected chi connectivity index (χ3v) is 9.61. The minimum absolute atomic E-state index is 0.140. The molecule has 0 saturated carbocycles.